The van der Waals surface area contributed by atoms with Gasteiger partial charge in [0, 0.05) is 12.3 Å². The Hall–Kier alpha value is -0.970. The van der Waals surface area contributed by atoms with Crippen molar-refractivity contribution in [1.82, 2.24) is 5.32 Å². The Kier molecular flexibility index (Phi) is 6.92. The highest BCUT2D eigenvalue weighted by Gasteiger charge is 2.12. The zero-order valence-corrected chi connectivity index (χ0v) is 8.97. The molecule has 0 radical (unpaired) electrons. The molecule has 0 heterocycles. The molecule has 80 valence electrons. The minimum absolute atomic E-state index is 0.0831. The van der Waals surface area contributed by atoms with Crippen LogP contribution in [0.3, 0.4) is 0 Å². The van der Waals surface area contributed by atoms with E-state index >= 15 is 0 Å². The zero-order chi connectivity index (χ0) is 11.0. The molecule has 0 aliphatic rings. The second kappa shape index (κ2) is 7.44. The molecule has 4 nitrogen and oxygen atoms in total. The van der Waals surface area contributed by atoms with Crippen LogP contribution in [0.15, 0.2) is 12.7 Å². The summed E-state index contributed by atoms with van der Waals surface area (Å²) < 4.78 is 0. The monoisotopic (exact) mass is 217 g/mol. The van der Waals surface area contributed by atoms with E-state index in [0.717, 1.165) is 0 Å². The molecule has 0 aliphatic carbocycles. The topological polar surface area (TPSA) is 66.4 Å². The molecular formula is C9H15NO3S. The third-order valence-electron chi connectivity index (χ3n) is 1.47. The van der Waals surface area contributed by atoms with E-state index in [1.165, 1.54) is 11.8 Å². The molecule has 0 rings (SSSR count). The summed E-state index contributed by atoms with van der Waals surface area (Å²) >= 11 is 1.34. The summed E-state index contributed by atoms with van der Waals surface area (Å²) in [5.74, 6) is -0.464. The molecule has 0 spiro atoms. The van der Waals surface area contributed by atoms with Crippen LogP contribution in [0.5, 0.6) is 0 Å². The fraction of sp³-hybridized carbons (Fsp3) is 0.556. The van der Waals surface area contributed by atoms with E-state index < -0.39 is 5.97 Å². The van der Waals surface area contributed by atoms with Crippen molar-refractivity contribution >= 4 is 23.6 Å². The van der Waals surface area contributed by atoms with Crippen molar-refractivity contribution < 1.29 is 14.7 Å². The van der Waals surface area contributed by atoms with Crippen molar-refractivity contribution in [3.63, 3.8) is 0 Å². The Labute approximate surface area is 87.8 Å². The Morgan fingerprint density at radius 2 is 2.29 bits per heavy atom. The van der Waals surface area contributed by atoms with Crippen molar-refractivity contribution in [2.45, 2.75) is 18.6 Å². The van der Waals surface area contributed by atoms with Gasteiger partial charge in [0.1, 0.15) is 0 Å². The van der Waals surface area contributed by atoms with Crippen molar-refractivity contribution in [3.8, 4) is 0 Å². The Bertz CT molecular complexity index is 218. The van der Waals surface area contributed by atoms with Crippen LogP contribution >= 0.6 is 11.8 Å². The molecular weight excluding hydrogens is 202 g/mol. The first-order chi connectivity index (χ1) is 6.57. The van der Waals surface area contributed by atoms with Gasteiger partial charge in [-0.2, -0.15) is 0 Å². The molecule has 0 aromatic heterocycles. The average Bonchev–Trinajstić information content (AvgIpc) is 2.13. The van der Waals surface area contributed by atoms with Crippen molar-refractivity contribution in [2.24, 2.45) is 0 Å². The van der Waals surface area contributed by atoms with Gasteiger partial charge < -0.3 is 10.4 Å². The zero-order valence-electron chi connectivity index (χ0n) is 8.16. The van der Waals surface area contributed by atoms with Gasteiger partial charge in [-0.3, -0.25) is 9.59 Å². The van der Waals surface area contributed by atoms with E-state index in [1.807, 2.05) is 0 Å². The number of carbonyl (C=O) groups excluding carboxylic acids is 1. The summed E-state index contributed by atoms with van der Waals surface area (Å²) in [5.41, 5.74) is 0. The molecule has 0 bridgehead atoms. The first-order valence-electron chi connectivity index (χ1n) is 4.30. The van der Waals surface area contributed by atoms with Gasteiger partial charge in [0.2, 0.25) is 5.91 Å². The maximum Gasteiger partial charge on any atom is 0.304 e. The van der Waals surface area contributed by atoms with Gasteiger partial charge in [-0.1, -0.05) is 6.08 Å². The lowest BCUT2D eigenvalue weighted by Gasteiger charge is -2.09. The van der Waals surface area contributed by atoms with Crippen LogP contribution < -0.4 is 5.32 Å². The number of hydrogen-bond acceptors (Lipinski definition) is 3. The minimum atomic E-state index is -0.837. The molecule has 0 aromatic rings. The van der Waals surface area contributed by atoms with Gasteiger partial charge in [-0.25, -0.2) is 0 Å². The number of carboxylic acid groups (broad SMARTS) is 1. The lowest BCUT2D eigenvalue weighted by Crippen LogP contribution is -2.31. The number of thioether (sulfide) groups is 1. The molecule has 1 amide bonds. The standard InChI is InChI=1S/C9H15NO3S/c1-3-5-10-9(13)7(2)14-6-4-8(11)12/h3,7H,1,4-6H2,2H3,(H,10,13)(H,11,12). The molecule has 0 aromatic carbocycles. The van der Waals surface area contributed by atoms with Gasteiger partial charge >= 0.3 is 5.97 Å². The maximum atomic E-state index is 11.3. The molecule has 0 saturated carbocycles. The average molecular weight is 217 g/mol. The van der Waals surface area contributed by atoms with Crippen LogP contribution in [0.2, 0.25) is 0 Å². The summed E-state index contributed by atoms with van der Waals surface area (Å²) in [4.78, 5) is 21.4. The normalized spacial score (nSPS) is 11.8. The van der Waals surface area contributed by atoms with Crippen LogP contribution in [0.4, 0.5) is 0 Å². The Morgan fingerprint density at radius 1 is 1.64 bits per heavy atom. The lowest BCUT2D eigenvalue weighted by molar-refractivity contribution is -0.136. The predicted octanol–water partition coefficient (Wildman–Crippen LogP) is 0.885. The SMILES string of the molecule is C=CCNC(=O)C(C)SCCC(=O)O. The van der Waals surface area contributed by atoms with Gasteiger partial charge in [0.05, 0.1) is 11.7 Å². The number of nitrogens with one attached hydrogen (secondary N) is 1. The third-order valence-corrected chi connectivity index (χ3v) is 2.63. The van der Waals surface area contributed by atoms with Crippen LogP contribution in [0.25, 0.3) is 0 Å². The molecule has 2 N–H and O–H groups in total. The van der Waals surface area contributed by atoms with Crippen molar-refractivity contribution in [1.29, 1.82) is 0 Å². The molecule has 1 atom stereocenters. The van der Waals surface area contributed by atoms with Crippen LogP contribution in [-0.4, -0.2) is 34.5 Å². The minimum Gasteiger partial charge on any atom is -0.481 e. The van der Waals surface area contributed by atoms with Crippen LogP contribution in [0.1, 0.15) is 13.3 Å². The summed E-state index contributed by atoms with van der Waals surface area (Å²) in [6.07, 6.45) is 1.69. The highest BCUT2D eigenvalue weighted by atomic mass is 32.2. The van der Waals surface area contributed by atoms with Gasteiger partial charge in [0.25, 0.3) is 0 Å². The van der Waals surface area contributed by atoms with Gasteiger partial charge in [-0.05, 0) is 6.92 Å². The third kappa shape index (κ3) is 6.54. The second-order valence-electron chi connectivity index (χ2n) is 2.69. The lowest BCUT2D eigenvalue weighted by atomic mass is 10.4. The summed E-state index contributed by atoms with van der Waals surface area (Å²) in [5, 5.41) is 10.8. The molecule has 5 heteroatoms. The molecule has 1 unspecified atom stereocenters. The van der Waals surface area contributed by atoms with E-state index in [9.17, 15) is 9.59 Å². The Morgan fingerprint density at radius 3 is 2.79 bits per heavy atom. The first kappa shape index (κ1) is 13.0. The summed E-state index contributed by atoms with van der Waals surface area (Å²) in [6.45, 7) is 5.68. The van der Waals surface area contributed by atoms with Crippen LogP contribution in [0, 0.1) is 0 Å². The van der Waals surface area contributed by atoms with E-state index in [2.05, 4.69) is 11.9 Å². The highest BCUT2D eigenvalue weighted by Crippen LogP contribution is 2.11. The number of amides is 1. The van der Waals surface area contributed by atoms with Crippen LogP contribution in [-0.2, 0) is 9.59 Å². The van der Waals surface area contributed by atoms with Crippen molar-refractivity contribution in [2.75, 3.05) is 12.3 Å². The molecule has 14 heavy (non-hydrogen) atoms. The first-order valence-corrected chi connectivity index (χ1v) is 5.34. The fourth-order valence-corrected chi connectivity index (χ4v) is 1.60. The Balaban J connectivity index is 3.61. The maximum absolute atomic E-state index is 11.3. The van der Waals surface area contributed by atoms with E-state index in [4.69, 9.17) is 5.11 Å². The fourth-order valence-electron chi connectivity index (χ4n) is 0.715. The number of rotatable bonds is 7. The highest BCUT2D eigenvalue weighted by molar-refractivity contribution is 8.00. The quantitative estimate of drug-likeness (QED) is 0.621. The summed E-state index contributed by atoms with van der Waals surface area (Å²) in [7, 11) is 0. The second-order valence-corrected chi connectivity index (χ2v) is 4.14. The molecule has 0 fully saturated rings. The summed E-state index contributed by atoms with van der Waals surface area (Å²) in [6, 6.07) is 0. The largest absolute Gasteiger partial charge is 0.481 e. The number of carboxylic acids is 1. The molecule has 0 saturated heterocycles. The smallest absolute Gasteiger partial charge is 0.304 e. The van der Waals surface area contributed by atoms with E-state index in [-0.39, 0.29) is 17.6 Å². The molecule has 0 aliphatic heterocycles. The number of aliphatic carboxylic acids is 1. The number of carbonyl (C=O) groups is 2. The van der Waals surface area contributed by atoms with Gasteiger partial charge in [0.15, 0.2) is 0 Å². The number of hydrogen-bond donors (Lipinski definition) is 2. The van der Waals surface area contributed by atoms with Crippen molar-refractivity contribution in [3.05, 3.63) is 12.7 Å². The van der Waals surface area contributed by atoms with E-state index in [1.54, 1.807) is 13.0 Å². The van der Waals surface area contributed by atoms with E-state index in [0.29, 0.717) is 12.3 Å². The van der Waals surface area contributed by atoms with Gasteiger partial charge in [-0.15, -0.1) is 18.3 Å². The predicted molar refractivity (Wildman–Crippen MR) is 57.4 cm³/mol.